The second-order valence-corrected chi connectivity index (χ2v) is 8.43. The number of piperidine rings is 2. The van der Waals surface area contributed by atoms with Gasteiger partial charge in [0, 0.05) is 32.2 Å². The second kappa shape index (κ2) is 6.72. The van der Waals surface area contributed by atoms with Crippen molar-refractivity contribution >= 4 is 5.91 Å². The van der Waals surface area contributed by atoms with E-state index in [1.54, 1.807) is 0 Å². The lowest BCUT2D eigenvalue weighted by molar-refractivity contribution is -0.142. The van der Waals surface area contributed by atoms with Gasteiger partial charge in [-0.25, -0.2) is 0 Å². The maximum atomic E-state index is 12.6. The van der Waals surface area contributed by atoms with Crippen LogP contribution in [0.5, 0.6) is 0 Å². The summed E-state index contributed by atoms with van der Waals surface area (Å²) in [4.78, 5) is 17.4. The van der Waals surface area contributed by atoms with Crippen LogP contribution in [0.4, 0.5) is 0 Å². The average molecular weight is 320 g/mol. The predicted molar refractivity (Wildman–Crippen MR) is 90.2 cm³/mol. The van der Waals surface area contributed by atoms with Crippen LogP contribution in [-0.2, 0) is 9.53 Å². The summed E-state index contributed by atoms with van der Waals surface area (Å²) in [5.74, 6) is 0.835. The number of rotatable bonds is 3. The Hall–Kier alpha value is -0.610. The second-order valence-electron chi connectivity index (χ2n) is 8.43. The Morgan fingerprint density at radius 2 is 1.83 bits per heavy atom. The summed E-state index contributed by atoms with van der Waals surface area (Å²) < 4.78 is 5.79. The zero-order valence-electron chi connectivity index (χ0n) is 14.5. The number of likely N-dealkylation sites (tertiary alicyclic amines) is 2. The molecular formula is C19H32N2O2. The fraction of sp³-hybridized carbons (Fsp3) is 0.947. The zero-order chi connectivity index (χ0) is 15.7. The number of carbonyl (C=O) groups is 1. The largest absolute Gasteiger partial charge is 0.377 e. The predicted octanol–water partition coefficient (Wildman–Crippen LogP) is 2.67. The molecule has 4 aliphatic rings. The van der Waals surface area contributed by atoms with Crippen LogP contribution in [0, 0.1) is 11.3 Å². The van der Waals surface area contributed by atoms with E-state index in [0.717, 1.165) is 39.1 Å². The van der Waals surface area contributed by atoms with Gasteiger partial charge in [-0.1, -0.05) is 6.42 Å². The Balaban J connectivity index is 1.29. The molecule has 4 fully saturated rings. The van der Waals surface area contributed by atoms with Crippen molar-refractivity contribution < 1.29 is 9.53 Å². The van der Waals surface area contributed by atoms with Crippen LogP contribution in [0.25, 0.3) is 0 Å². The maximum Gasteiger partial charge on any atom is 0.225 e. The van der Waals surface area contributed by atoms with Crippen molar-refractivity contribution in [3.05, 3.63) is 0 Å². The number of amides is 1. The molecule has 4 rings (SSSR count). The summed E-state index contributed by atoms with van der Waals surface area (Å²) in [6.07, 6.45) is 11.6. The third kappa shape index (κ3) is 3.43. The van der Waals surface area contributed by atoms with E-state index < -0.39 is 0 Å². The molecule has 0 N–H and O–H groups in total. The molecule has 0 radical (unpaired) electrons. The van der Waals surface area contributed by atoms with Crippen molar-refractivity contribution in [1.82, 2.24) is 9.80 Å². The lowest BCUT2D eigenvalue weighted by Gasteiger charge is -2.49. The molecule has 0 aromatic rings. The number of ether oxygens (including phenoxy) is 1. The molecule has 23 heavy (non-hydrogen) atoms. The van der Waals surface area contributed by atoms with E-state index in [1.165, 1.54) is 58.0 Å². The number of nitrogens with zero attached hydrogens (tertiary/aromatic N) is 2. The average Bonchev–Trinajstić information content (AvgIpc) is 3.01. The molecule has 3 saturated heterocycles. The highest BCUT2D eigenvalue weighted by molar-refractivity contribution is 5.79. The Bertz CT molecular complexity index is 421. The van der Waals surface area contributed by atoms with Gasteiger partial charge in [0.25, 0.3) is 0 Å². The first kappa shape index (κ1) is 15.9. The molecule has 1 saturated carbocycles. The van der Waals surface area contributed by atoms with Crippen LogP contribution < -0.4 is 0 Å². The van der Waals surface area contributed by atoms with Gasteiger partial charge in [-0.2, -0.15) is 0 Å². The first-order valence-electron chi connectivity index (χ1n) is 9.87. The third-order valence-electron chi connectivity index (χ3n) is 6.83. The molecule has 0 aromatic carbocycles. The molecule has 3 heterocycles. The normalized spacial score (nSPS) is 32.2. The van der Waals surface area contributed by atoms with Gasteiger partial charge in [0.05, 0.1) is 6.10 Å². The Morgan fingerprint density at radius 1 is 1.00 bits per heavy atom. The summed E-state index contributed by atoms with van der Waals surface area (Å²) in [6.45, 7) is 6.53. The van der Waals surface area contributed by atoms with Gasteiger partial charge in [-0.05, 0) is 69.9 Å². The molecule has 1 atom stereocenters. The summed E-state index contributed by atoms with van der Waals surface area (Å²) in [6, 6.07) is 0. The molecule has 130 valence electrons. The molecule has 1 unspecified atom stereocenters. The fourth-order valence-corrected chi connectivity index (χ4v) is 5.00. The Labute approximate surface area is 140 Å². The lowest BCUT2D eigenvalue weighted by Crippen LogP contribution is -2.53. The van der Waals surface area contributed by atoms with E-state index in [0.29, 0.717) is 23.3 Å². The molecule has 1 amide bonds. The van der Waals surface area contributed by atoms with Crippen LogP contribution in [0.15, 0.2) is 0 Å². The first-order valence-corrected chi connectivity index (χ1v) is 9.87. The molecule has 1 aliphatic carbocycles. The van der Waals surface area contributed by atoms with Crippen LogP contribution in [0.1, 0.15) is 57.8 Å². The van der Waals surface area contributed by atoms with E-state index in [2.05, 4.69) is 9.80 Å². The van der Waals surface area contributed by atoms with Crippen molar-refractivity contribution in [3.8, 4) is 0 Å². The van der Waals surface area contributed by atoms with Crippen LogP contribution in [0.3, 0.4) is 0 Å². The van der Waals surface area contributed by atoms with Crippen molar-refractivity contribution in [2.45, 2.75) is 63.9 Å². The molecular weight excluding hydrogens is 288 g/mol. The van der Waals surface area contributed by atoms with Gasteiger partial charge in [-0.15, -0.1) is 0 Å². The first-order chi connectivity index (χ1) is 11.2. The Kier molecular flexibility index (Phi) is 4.64. The van der Waals surface area contributed by atoms with Crippen molar-refractivity contribution in [3.63, 3.8) is 0 Å². The minimum atomic E-state index is 0.366. The van der Waals surface area contributed by atoms with Crippen molar-refractivity contribution in [2.75, 3.05) is 39.3 Å². The highest BCUT2D eigenvalue weighted by Gasteiger charge is 2.41. The van der Waals surface area contributed by atoms with Gasteiger partial charge < -0.3 is 14.5 Å². The Morgan fingerprint density at radius 3 is 2.48 bits per heavy atom. The molecule has 0 bridgehead atoms. The highest BCUT2D eigenvalue weighted by Crippen LogP contribution is 2.41. The van der Waals surface area contributed by atoms with E-state index >= 15 is 0 Å². The molecule has 4 heteroatoms. The minimum Gasteiger partial charge on any atom is -0.377 e. The summed E-state index contributed by atoms with van der Waals surface area (Å²) in [7, 11) is 0. The monoisotopic (exact) mass is 320 g/mol. The van der Waals surface area contributed by atoms with Gasteiger partial charge >= 0.3 is 0 Å². The van der Waals surface area contributed by atoms with Crippen LogP contribution in [-0.4, -0.2) is 61.1 Å². The third-order valence-corrected chi connectivity index (χ3v) is 6.83. The van der Waals surface area contributed by atoms with Gasteiger partial charge in [0.2, 0.25) is 5.91 Å². The number of hydrogen-bond acceptors (Lipinski definition) is 3. The summed E-state index contributed by atoms with van der Waals surface area (Å²) in [5.41, 5.74) is 0.421. The van der Waals surface area contributed by atoms with Gasteiger partial charge in [0.15, 0.2) is 0 Å². The molecule has 4 nitrogen and oxygen atoms in total. The fourth-order valence-electron chi connectivity index (χ4n) is 5.00. The maximum absolute atomic E-state index is 12.6. The zero-order valence-corrected chi connectivity index (χ0v) is 14.5. The van der Waals surface area contributed by atoms with Gasteiger partial charge in [0.1, 0.15) is 0 Å². The lowest BCUT2D eigenvalue weighted by atomic mass is 9.72. The molecule has 3 aliphatic heterocycles. The number of carbonyl (C=O) groups excluding carboxylic acids is 1. The topological polar surface area (TPSA) is 32.8 Å². The quantitative estimate of drug-likeness (QED) is 0.801. The molecule has 0 aromatic heterocycles. The summed E-state index contributed by atoms with van der Waals surface area (Å²) >= 11 is 0. The SMILES string of the molecule is O=C(C1CCC1)N1CCCC2(CCN(CC3CCCO3)CC2)C1. The van der Waals surface area contributed by atoms with Crippen molar-refractivity contribution in [1.29, 1.82) is 0 Å². The van der Waals surface area contributed by atoms with E-state index in [-0.39, 0.29) is 0 Å². The highest BCUT2D eigenvalue weighted by atomic mass is 16.5. The van der Waals surface area contributed by atoms with Crippen LogP contribution in [0.2, 0.25) is 0 Å². The van der Waals surface area contributed by atoms with Gasteiger partial charge in [-0.3, -0.25) is 4.79 Å². The van der Waals surface area contributed by atoms with Crippen molar-refractivity contribution in [2.24, 2.45) is 11.3 Å². The van der Waals surface area contributed by atoms with Crippen LogP contribution >= 0.6 is 0 Å². The minimum absolute atomic E-state index is 0.366. The molecule has 1 spiro atoms. The van der Waals surface area contributed by atoms with E-state index in [9.17, 15) is 4.79 Å². The van der Waals surface area contributed by atoms with E-state index in [4.69, 9.17) is 4.74 Å². The standard InChI is InChI=1S/C19H32N2O2/c22-18(16-4-1-5-16)21-10-3-7-19(15-21)8-11-20(12-9-19)14-17-6-2-13-23-17/h16-17H,1-15H2. The van der Waals surface area contributed by atoms with E-state index in [1.807, 2.05) is 0 Å². The smallest absolute Gasteiger partial charge is 0.225 e. The number of hydrogen-bond donors (Lipinski definition) is 0. The summed E-state index contributed by atoms with van der Waals surface area (Å²) in [5, 5.41) is 0.